The Kier molecular flexibility index (Phi) is 6.70. The Morgan fingerprint density at radius 3 is 2.67 bits per heavy atom. The number of thioether (sulfide) groups is 1. The number of nitrogens with one attached hydrogen (secondary N) is 1. The number of amides is 2. The molecule has 2 aliphatic heterocycles. The van der Waals surface area contributed by atoms with E-state index in [4.69, 9.17) is 9.98 Å². The molecule has 0 radical (unpaired) electrons. The van der Waals surface area contributed by atoms with Crippen molar-refractivity contribution in [3.63, 3.8) is 0 Å². The average Bonchev–Trinajstić information content (AvgIpc) is 3.10. The maximum absolute atomic E-state index is 13.3. The van der Waals surface area contributed by atoms with Crippen LogP contribution < -0.4 is 5.32 Å². The van der Waals surface area contributed by atoms with Gasteiger partial charge in [-0.05, 0) is 61.9 Å². The molecular weight excluding hydrogens is 432 g/mol. The van der Waals surface area contributed by atoms with Gasteiger partial charge in [0.05, 0.1) is 10.9 Å². The van der Waals surface area contributed by atoms with Crippen molar-refractivity contribution < 1.29 is 9.59 Å². The minimum atomic E-state index is -0.416. The van der Waals surface area contributed by atoms with E-state index in [-0.39, 0.29) is 11.8 Å². The smallest absolute Gasteiger partial charge is 0.259 e. The molecule has 7 heteroatoms. The number of nitrogens with zero attached hydrogens (tertiary/aromatic N) is 3. The van der Waals surface area contributed by atoms with Crippen molar-refractivity contribution in [2.45, 2.75) is 58.8 Å². The fourth-order valence-corrected chi connectivity index (χ4v) is 5.03. The maximum Gasteiger partial charge on any atom is 0.259 e. The summed E-state index contributed by atoms with van der Waals surface area (Å²) in [4.78, 5) is 37.7. The Hall–Kier alpha value is -2.93. The number of hydrogen-bond donors (Lipinski definition) is 1. The number of rotatable bonds is 6. The summed E-state index contributed by atoms with van der Waals surface area (Å²) in [6, 6.07) is 13.3. The molecule has 0 saturated heterocycles. The van der Waals surface area contributed by atoms with Crippen molar-refractivity contribution in [1.29, 1.82) is 0 Å². The molecule has 2 aliphatic rings. The summed E-state index contributed by atoms with van der Waals surface area (Å²) in [6.45, 7) is 10.1. The van der Waals surface area contributed by atoms with Gasteiger partial charge in [-0.3, -0.25) is 14.6 Å². The van der Waals surface area contributed by atoms with Crippen molar-refractivity contribution in [3.8, 4) is 0 Å². The van der Waals surface area contributed by atoms with Gasteiger partial charge in [0.2, 0.25) is 5.91 Å². The second-order valence-corrected chi connectivity index (χ2v) is 10.2. The van der Waals surface area contributed by atoms with E-state index in [2.05, 4.69) is 19.2 Å². The predicted molar refractivity (Wildman–Crippen MR) is 136 cm³/mol. The van der Waals surface area contributed by atoms with Gasteiger partial charge in [0.15, 0.2) is 5.17 Å². The molecule has 0 unspecified atom stereocenters. The Bertz CT molecular complexity index is 1150. The summed E-state index contributed by atoms with van der Waals surface area (Å²) in [5, 5.41) is 3.19. The number of para-hydroxylation sites is 1. The SMILES string of the molecule is CC[C@@H](SC1=Nc2ccccc2C2=N[C@@H](CC(C)C)C(=O)N12)C(=O)Nc1cc(C)ccc1C. The molecule has 0 aromatic heterocycles. The third-order valence-electron chi connectivity index (χ3n) is 5.80. The highest BCUT2D eigenvalue weighted by molar-refractivity contribution is 8.15. The first-order chi connectivity index (χ1) is 15.8. The molecule has 2 atom stereocenters. The molecule has 2 heterocycles. The summed E-state index contributed by atoms with van der Waals surface area (Å²) in [6.07, 6.45) is 1.29. The number of aliphatic imine (C=N–C) groups is 2. The number of hydrogen-bond acceptors (Lipinski definition) is 5. The first-order valence-corrected chi connectivity index (χ1v) is 12.3. The first kappa shape index (κ1) is 23.2. The lowest BCUT2D eigenvalue weighted by atomic mass is 10.0. The second kappa shape index (κ2) is 9.51. The lowest BCUT2D eigenvalue weighted by molar-refractivity contribution is -0.125. The van der Waals surface area contributed by atoms with E-state index in [1.807, 2.05) is 63.2 Å². The van der Waals surface area contributed by atoms with Crippen LogP contribution >= 0.6 is 11.8 Å². The van der Waals surface area contributed by atoms with Crippen LogP contribution in [-0.4, -0.2) is 39.0 Å². The molecule has 0 fully saturated rings. The first-order valence-electron chi connectivity index (χ1n) is 11.4. The fraction of sp³-hybridized carbons (Fsp3) is 0.385. The largest absolute Gasteiger partial charge is 0.325 e. The van der Waals surface area contributed by atoms with Crippen molar-refractivity contribution in [1.82, 2.24) is 4.90 Å². The van der Waals surface area contributed by atoms with E-state index in [9.17, 15) is 9.59 Å². The van der Waals surface area contributed by atoms with Gasteiger partial charge in [0.25, 0.3) is 5.91 Å². The third-order valence-corrected chi connectivity index (χ3v) is 7.12. The highest BCUT2D eigenvalue weighted by Gasteiger charge is 2.42. The van der Waals surface area contributed by atoms with Crippen LogP contribution in [0.25, 0.3) is 0 Å². The predicted octanol–water partition coefficient (Wildman–Crippen LogP) is 5.46. The van der Waals surface area contributed by atoms with Crippen molar-refractivity contribution in [3.05, 3.63) is 59.2 Å². The number of benzene rings is 2. The number of aryl methyl sites for hydroxylation is 2. The van der Waals surface area contributed by atoms with Crippen molar-refractivity contribution in [2.24, 2.45) is 15.9 Å². The molecular formula is C26H30N4O2S. The van der Waals surface area contributed by atoms with Gasteiger partial charge in [-0.25, -0.2) is 9.89 Å². The zero-order chi connectivity index (χ0) is 23.7. The summed E-state index contributed by atoms with van der Waals surface area (Å²) >= 11 is 1.33. The average molecular weight is 463 g/mol. The van der Waals surface area contributed by atoms with Crippen LogP contribution in [0.15, 0.2) is 52.4 Å². The molecule has 0 bridgehead atoms. The highest BCUT2D eigenvalue weighted by atomic mass is 32.2. The quantitative estimate of drug-likeness (QED) is 0.620. The number of fused-ring (bicyclic) bond motifs is 3. The van der Waals surface area contributed by atoms with Crippen LogP contribution in [0.3, 0.4) is 0 Å². The van der Waals surface area contributed by atoms with E-state index in [0.717, 1.165) is 28.1 Å². The molecule has 4 rings (SSSR count). The van der Waals surface area contributed by atoms with Crippen LogP contribution in [0.1, 0.15) is 50.3 Å². The topological polar surface area (TPSA) is 74.1 Å². The van der Waals surface area contributed by atoms with Crippen LogP contribution in [0, 0.1) is 19.8 Å². The summed E-state index contributed by atoms with van der Waals surface area (Å²) in [7, 11) is 0. The zero-order valence-corrected chi connectivity index (χ0v) is 20.6. The number of anilines is 1. The maximum atomic E-state index is 13.3. The van der Waals surface area contributed by atoms with E-state index in [1.54, 1.807) is 4.90 Å². The highest BCUT2D eigenvalue weighted by Crippen LogP contribution is 2.36. The molecule has 0 spiro atoms. The Morgan fingerprint density at radius 1 is 1.18 bits per heavy atom. The van der Waals surface area contributed by atoms with Crippen LogP contribution in [0.4, 0.5) is 11.4 Å². The third kappa shape index (κ3) is 4.74. The van der Waals surface area contributed by atoms with Crippen LogP contribution in [0.2, 0.25) is 0 Å². The van der Waals surface area contributed by atoms with Gasteiger partial charge in [0, 0.05) is 11.3 Å². The van der Waals surface area contributed by atoms with Crippen LogP contribution in [-0.2, 0) is 9.59 Å². The minimum absolute atomic E-state index is 0.0655. The summed E-state index contributed by atoms with van der Waals surface area (Å²) in [5.74, 6) is 0.828. The Morgan fingerprint density at radius 2 is 1.94 bits per heavy atom. The Balaban J connectivity index is 1.62. The van der Waals surface area contributed by atoms with Gasteiger partial charge < -0.3 is 5.32 Å². The summed E-state index contributed by atoms with van der Waals surface area (Å²) in [5.41, 5.74) is 4.54. The molecule has 2 aromatic carbocycles. The standard InChI is InChI=1S/C26H30N4O2S/c1-6-22(24(31)28-20-14-16(4)11-12-17(20)5)33-26-29-19-10-8-7-9-18(19)23-27-21(13-15(2)3)25(32)30(23)26/h7-12,14-15,21-22H,6,13H2,1-5H3,(H,28,31)/t21-,22+/m0/s1. The molecule has 1 N–H and O–H groups in total. The lowest BCUT2D eigenvalue weighted by Crippen LogP contribution is -2.42. The normalized spacial score (nSPS) is 17.9. The molecule has 2 aromatic rings. The van der Waals surface area contributed by atoms with E-state index >= 15 is 0 Å². The fourth-order valence-electron chi connectivity index (χ4n) is 4.01. The molecule has 6 nitrogen and oxygen atoms in total. The molecule has 172 valence electrons. The molecule has 2 amide bonds. The number of carbonyl (C=O) groups is 2. The summed E-state index contributed by atoms with van der Waals surface area (Å²) < 4.78 is 0. The van der Waals surface area contributed by atoms with E-state index in [0.29, 0.717) is 29.8 Å². The lowest BCUT2D eigenvalue weighted by Gasteiger charge is -2.27. The molecule has 0 aliphatic carbocycles. The van der Waals surface area contributed by atoms with Gasteiger partial charge in [-0.15, -0.1) is 0 Å². The van der Waals surface area contributed by atoms with Crippen LogP contribution in [0.5, 0.6) is 0 Å². The second-order valence-electron chi connectivity index (χ2n) is 9.01. The van der Waals surface area contributed by atoms with Crippen molar-refractivity contribution >= 4 is 46.0 Å². The van der Waals surface area contributed by atoms with Gasteiger partial charge in [-0.1, -0.05) is 56.8 Å². The monoisotopic (exact) mass is 462 g/mol. The molecule has 33 heavy (non-hydrogen) atoms. The van der Waals surface area contributed by atoms with E-state index in [1.165, 1.54) is 11.8 Å². The minimum Gasteiger partial charge on any atom is -0.325 e. The van der Waals surface area contributed by atoms with Gasteiger partial charge in [-0.2, -0.15) is 0 Å². The molecule has 0 saturated carbocycles. The van der Waals surface area contributed by atoms with E-state index < -0.39 is 11.3 Å². The van der Waals surface area contributed by atoms with Gasteiger partial charge >= 0.3 is 0 Å². The number of amidine groups is 2. The van der Waals surface area contributed by atoms with Crippen molar-refractivity contribution in [2.75, 3.05) is 5.32 Å². The zero-order valence-electron chi connectivity index (χ0n) is 19.8. The van der Waals surface area contributed by atoms with Gasteiger partial charge in [0.1, 0.15) is 11.9 Å². The number of carbonyl (C=O) groups excluding carboxylic acids is 2. The Labute approximate surface area is 199 Å².